The van der Waals surface area contributed by atoms with Crippen LogP contribution in [0.5, 0.6) is 0 Å². The minimum absolute atomic E-state index is 0.137. The SMILES string of the molecule is CC(C)(O)c1ccc2c(c1)C(=O)c1ccccc1C2=O.CC(O)c1ccc2c(c1)C(=O)c1ccccc1C2=O. The number of carbonyl (C=O) groups is 4. The highest BCUT2D eigenvalue weighted by Gasteiger charge is 2.31. The first kappa shape index (κ1) is 26.1. The van der Waals surface area contributed by atoms with E-state index in [1.807, 2.05) is 0 Å². The highest BCUT2D eigenvalue weighted by atomic mass is 16.3. The van der Waals surface area contributed by atoms with Gasteiger partial charge in [0.15, 0.2) is 23.1 Å². The van der Waals surface area contributed by atoms with Crippen molar-refractivity contribution in [3.05, 3.63) is 141 Å². The summed E-state index contributed by atoms with van der Waals surface area (Å²) >= 11 is 0. The molecule has 4 aromatic rings. The van der Waals surface area contributed by atoms with Gasteiger partial charge in [-0.2, -0.15) is 0 Å². The zero-order valence-electron chi connectivity index (χ0n) is 21.7. The van der Waals surface area contributed by atoms with Gasteiger partial charge in [0.1, 0.15) is 0 Å². The molecular weight excluding hydrogens is 492 g/mol. The number of aliphatic hydroxyl groups is 2. The molecule has 6 nitrogen and oxygen atoms in total. The van der Waals surface area contributed by atoms with Gasteiger partial charge in [-0.15, -0.1) is 0 Å². The molecule has 2 aliphatic carbocycles. The Balaban J connectivity index is 0.000000158. The molecule has 1 atom stereocenters. The van der Waals surface area contributed by atoms with Crippen LogP contribution in [0.4, 0.5) is 0 Å². The molecule has 0 saturated carbocycles. The van der Waals surface area contributed by atoms with E-state index in [-0.39, 0.29) is 23.1 Å². The molecule has 39 heavy (non-hydrogen) atoms. The highest BCUT2D eigenvalue weighted by molar-refractivity contribution is 6.29. The van der Waals surface area contributed by atoms with Gasteiger partial charge in [-0.1, -0.05) is 60.7 Å². The number of rotatable bonds is 2. The average molecular weight is 519 g/mol. The van der Waals surface area contributed by atoms with Gasteiger partial charge in [-0.05, 0) is 56.2 Å². The molecule has 2 aliphatic rings. The van der Waals surface area contributed by atoms with Gasteiger partial charge in [-0.25, -0.2) is 0 Å². The van der Waals surface area contributed by atoms with E-state index in [9.17, 15) is 29.4 Å². The Hall–Kier alpha value is -4.52. The molecule has 2 N–H and O–H groups in total. The molecule has 0 amide bonds. The van der Waals surface area contributed by atoms with Crippen molar-refractivity contribution in [2.24, 2.45) is 0 Å². The van der Waals surface area contributed by atoms with Gasteiger partial charge in [-0.3, -0.25) is 19.2 Å². The Labute approximate surface area is 225 Å². The highest BCUT2D eigenvalue weighted by Crippen LogP contribution is 2.31. The van der Waals surface area contributed by atoms with E-state index >= 15 is 0 Å². The van der Waals surface area contributed by atoms with Crippen molar-refractivity contribution < 1.29 is 29.4 Å². The molecular formula is C33H26O6. The third-order valence-electron chi connectivity index (χ3n) is 7.06. The number of carbonyl (C=O) groups excluding carboxylic acids is 4. The standard InChI is InChI=1S/C17H14O3.C16H12O3/c1-17(2,20)10-7-8-13-14(9-10)16(19)12-6-4-3-5-11(12)15(13)18;1-9(17)10-6-7-13-14(8-10)16(19)12-5-3-2-4-11(12)15(13)18/h3-9,20H,1-2H3;2-9,17H,1H3. The van der Waals surface area contributed by atoms with Crippen molar-refractivity contribution in [3.8, 4) is 0 Å². The molecule has 0 heterocycles. The van der Waals surface area contributed by atoms with Crippen LogP contribution in [0, 0.1) is 0 Å². The molecule has 0 saturated heterocycles. The second-order valence-corrected chi connectivity index (χ2v) is 10.2. The monoisotopic (exact) mass is 518 g/mol. The first-order valence-corrected chi connectivity index (χ1v) is 12.5. The summed E-state index contributed by atoms with van der Waals surface area (Å²) in [5.74, 6) is -0.603. The van der Waals surface area contributed by atoms with Crippen LogP contribution in [-0.2, 0) is 5.60 Å². The van der Waals surface area contributed by atoms with Crippen LogP contribution < -0.4 is 0 Å². The van der Waals surface area contributed by atoms with Crippen molar-refractivity contribution in [1.29, 1.82) is 0 Å². The lowest BCUT2D eigenvalue weighted by Crippen LogP contribution is -2.23. The van der Waals surface area contributed by atoms with Crippen LogP contribution in [-0.4, -0.2) is 33.3 Å². The zero-order valence-corrected chi connectivity index (χ0v) is 21.7. The van der Waals surface area contributed by atoms with Gasteiger partial charge in [0.2, 0.25) is 0 Å². The smallest absolute Gasteiger partial charge is 0.194 e. The summed E-state index contributed by atoms with van der Waals surface area (Å²) < 4.78 is 0. The lowest BCUT2D eigenvalue weighted by atomic mass is 9.82. The molecule has 0 aliphatic heterocycles. The third kappa shape index (κ3) is 4.54. The van der Waals surface area contributed by atoms with Crippen molar-refractivity contribution in [1.82, 2.24) is 0 Å². The van der Waals surface area contributed by atoms with Gasteiger partial charge in [0.05, 0.1) is 11.7 Å². The number of ketones is 4. The Kier molecular flexibility index (Phi) is 6.46. The maximum atomic E-state index is 12.5. The largest absolute Gasteiger partial charge is 0.389 e. The third-order valence-corrected chi connectivity index (χ3v) is 7.06. The van der Waals surface area contributed by atoms with E-state index in [4.69, 9.17) is 0 Å². The Bertz CT molecular complexity index is 1690. The van der Waals surface area contributed by atoms with Crippen LogP contribution in [0.15, 0.2) is 84.9 Å². The maximum Gasteiger partial charge on any atom is 0.194 e. The van der Waals surface area contributed by atoms with Gasteiger partial charge < -0.3 is 10.2 Å². The van der Waals surface area contributed by atoms with E-state index in [0.29, 0.717) is 55.6 Å². The minimum atomic E-state index is -1.05. The number of hydrogen-bond donors (Lipinski definition) is 2. The lowest BCUT2D eigenvalue weighted by molar-refractivity contribution is 0.0783. The molecule has 0 aromatic heterocycles. The normalized spacial score (nSPS) is 14.4. The van der Waals surface area contributed by atoms with Gasteiger partial charge in [0, 0.05) is 44.5 Å². The number of hydrogen-bond acceptors (Lipinski definition) is 6. The zero-order chi connectivity index (χ0) is 28.1. The summed E-state index contributed by atoms with van der Waals surface area (Å²) in [5, 5.41) is 19.6. The van der Waals surface area contributed by atoms with Gasteiger partial charge >= 0.3 is 0 Å². The van der Waals surface area contributed by atoms with E-state index in [2.05, 4.69) is 0 Å². The van der Waals surface area contributed by atoms with Crippen LogP contribution in [0.1, 0.15) is 102 Å². The molecule has 6 rings (SSSR count). The molecule has 0 bridgehead atoms. The lowest BCUT2D eigenvalue weighted by Gasteiger charge is -2.22. The molecule has 194 valence electrons. The fraction of sp³-hybridized carbons (Fsp3) is 0.152. The quantitative estimate of drug-likeness (QED) is 0.326. The second-order valence-electron chi connectivity index (χ2n) is 10.2. The van der Waals surface area contributed by atoms with Gasteiger partial charge in [0.25, 0.3) is 0 Å². The molecule has 0 fully saturated rings. The van der Waals surface area contributed by atoms with Crippen molar-refractivity contribution in [2.45, 2.75) is 32.5 Å². The summed E-state index contributed by atoms with van der Waals surface area (Å²) in [5.41, 5.74) is 3.53. The van der Waals surface area contributed by atoms with Crippen LogP contribution in [0.3, 0.4) is 0 Å². The Morgan fingerprint density at radius 3 is 1.31 bits per heavy atom. The van der Waals surface area contributed by atoms with E-state index in [1.165, 1.54) is 0 Å². The summed E-state index contributed by atoms with van der Waals surface area (Å²) in [7, 11) is 0. The molecule has 4 aromatic carbocycles. The van der Waals surface area contributed by atoms with Crippen LogP contribution in [0.2, 0.25) is 0 Å². The van der Waals surface area contributed by atoms with Crippen LogP contribution in [0.25, 0.3) is 0 Å². The number of fused-ring (bicyclic) bond motifs is 4. The Morgan fingerprint density at radius 1 is 0.538 bits per heavy atom. The Morgan fingerprint density at radius 2 is 0.897 bits per heavy atom. The summed E-state index contributed by atoms with van der Waals surface area (Å²) in [4.78, 5) is 49.6. The molecule has 0 spiro atoms. The van der Waals surface area contributed by atoms with E-state index in [0.717, 1.165) is 0 Å². The van der Waals surface area contributed by atoms with Crippen molar-refractivity contribution in [2.75, 3.05) is 0 Å². The minimum Gasteiger partial charge on any atom is -0.389 e. The first-order valence-electron chi connectivity index (χ1n) is 12.5. The number of aliphatic hydroxyl groups excluding tert-OH is 1. The summed E-state index contributed by atoms with van der Waals surface area (Å²) in [6.45, 7) is 4.93. The van der Waals surface area contributed by atoms with Crippen molar-refractivity contribution >= 4 is 23.1 Å². The first-order chi connectivity index (χ1) is 18.5. The van der Waals surface area contributed by atoms with E-state index < -0.39 is 11.7 Å². The predicted molar refractivity (Wildman–Crippen MR) is 145 cm³/mol. The fourth-order valence-corrected chi connectivity index (χ4v) is 4.86. The predicted octanol–water partition coefficient (Wildman–Crippen LogP) is 5.20. The fourth-order valence-electron chi connectivity index (χ4n) is 4.86. The average Bonchev–Trinajstić information content (AvgIpc) is 2.94. The van der Waals surface area contributed by atoms with Crippen LogP contribution >= 0.6 is 0 Å². The summed E-state index contributed by atoms with van der Waals surface area (Å²) in [6.07, 6.45) is -0.662. The van der Waals surface area contributed by atoms with Crippen molar-refractivity contribution in [3.63, 3.8) is 0 Å². The number of benzene rings is 4. The molecule has 1 unspecified atom stereocenters. The van der Waals surface area contributed by atoms with E-state index in [1.54, 1.807) is 106 Å². The molecule has 6 heteroatoms. The molecule has 0 radical (unpaired) electrons. The topological polar surface area (TPSA) is 109 Å². The maximum absolute atomic E-state index is 12.5. The summed E-state index contributed by atoms with van der Waals surface area (Å²) in [6, 6.07) is 23.5. The second kappa shape index (κ2) is 9.66.